The maximum absolute atomic E-state index is 14.2. The van der Waals surface area contributed by atoms with E-state index < -0.39 is 17.5 Å². The first kappa shape index (κ1) is 15.3. The summed E-state index contributed by atoms with van der Waals surface area (Å²) in [6, 6.07) is 1.25. The summed E-state index contributed by atoms with van der Waals surface area (Å²) in [6.45, 7) is 5.36. The monoisotopic (exact) mass is 321 g/mol. The van der Waals surface area contributed by atoms with Gasteiger partial charge in [-0.15, -0.1) is 0 Å². The Morgan fingerprint density at radius 2 is 1.74 bits per heavy atom. The number of aryl methyl sites for hydroxylation is 1. The highest BCUT2D eigenvalue weighted by Crippen LogP contribution is 2.35. The topological polar surface area (TPSA) is 55.1 Å². The third kappa shape index (κ3) is 2.60. The fourth-order valence-corrected chi connectivity index (χ4v) is 2.44. The number of hydrogen-bond donors (Lipinski definition) is 1. The molecule has 3 rings (SSSR count). The zero-order valence-corrected chi connectivity index (χ0v) is 12.7. The van der Waals surface area contributed by atoms with Crippen LogP contribution in [0.1, 0.15) is 19.5 Å². The molecule has 1 N–H and O–H groups in total. The first-order valence-electron chi connectivity index (χ1n) is 7.00. The molecule has 8 heteroatoms. The molecule has 2 heterocycles. The Bertz CT molecular complexity index is 865. The van der Waals surface area contributed by atoms with Gasteiger partial charge in [-0.3, -0.25) is 0 Å². The van der Waals surface area contributed by atoms with Gasteiger partial charge in [0.25, 0.3) is 5.78 Å². The summed E-state index contributed by atoms with van der Waals surface area (Å²) >= 11 is 0. The zero-order chi connectivity index (χ0) is 16.7. The number of hydrogen-bond acceptors (Lipinski definition) is 4. The van der Waals surface area contributed by atoms with Gasteiger partial charge in [-0.1, -0.05) is 0 Å². The maximum Gasteiger partial charge on any atom is 0.254 e. The van der Waals surface area contributed by atoms with Crippen LogP contribution in [0.25, 0.3) is 16.9 Å². The highest BCUT2D eigenvalue weighted by Gasteiger charge is 2.23. The van der Waals surface area contributed by atoms with E-state index in [2.05, 4.69) is 20.4 Å². The van der Waals surface area contributed by atoms with E-state index in [1.54, 1.807) is 6.92 Å². The Balaban J connectivity index is 2.39. The lowest BCUT2D eigenvalue weighted by Gasteiger charge is -2.18. The van der Waals surface area contributed by atoms with Gasteiger partial charge >= 0.3 is 0 Å². The minimum absolute atomic E-state index is 0.0329. The number of anilines is 1. The van der Waals surface area contributed by atoms with Crippen LogP contribution in [0.2, 0.25) is 0 Å². The zero-order valence-electron chi connectivity index (χ0n) is 12.7. The number of aromatic nitrogens is 4. The normalized spacial score (nSPS) is 11.4. The van der Waals surface area contributed by atoms with E-state index in [4.69, 9.17) is 0 Å². The molecule has 0 fully saturated rings. The molecule has 2 aromatic heterocycles. The van der Waals surface area contributed by atoms with Crippen LogP contribution in [0.4, 0.5) is 19.0 Å². The number of nitrogens with zero attached hydrogens (tertiary/aromatic N) is 4. The van der Waals surface area contributed by atoms with Crippen molar-refractivity contribution in [3.63, 3.8) is 0 Å². The van der Waals surface area contributed by atoms with Crippen molar-refractivity contribution in [2.45, 2.75) is 26.8 Å². The van der Waals surface area contributed by atoms with Gasteiger partial charge in [-0.2, -0.15) is 14.6 Å². The Hall–Kier alpha value is -2.64. The molecule has 0 aliphatic rings. The molecule has 0 saturated heterocycles. The average molecular weight is 321 g/mol. The van der Waals surface area contributed by atoms with Crippen molar-refractivity contribution >= 4 is 11.6 Å². The van der Waals surface area contributed by atoms with Gasteiger partial charge in [0, 0.05) is 18.2 Å². The predicted octanol–water partition coefficient (Wildman–Crippen LogP) is 3.34. The highest BCUT2D eigenvalue weighted by molar-refractivity contribution is 5.79. The summed E-state index contributed by atoms with van der Waals surface area (Å²) < 4.78 is 43.0. The molecule has 0 aliphatic heterocycles. The largest absolute Gasteiger partial charge is 0.367 e. The summed E-state index contributed by atoms with van der Waals surface area (Å²) in [5.41, 5.74) is 0.196. The molecule has 0 spiro atoms. The number of halogens is 3. The number of rotatable bonds is 3. The number of fused-ring (bicyclic) bond motifs is 1. The van der Waals surface area contributed by atoms with E-state index in [0.29, 0.717) is 29.4 Å². The molecule has 0 saturated carbocycles. The molecule has 0 atom stereocenters. The van der Waals surface area contributed by atoms with Crippen molar-refractivity contribution < 1.29 is 13.2 Å². The first-order valence-corrected chi connectivity index (χ1v) is 7.00. The van der Waals surface area contributed by atoms with E-state index in [1.165, 1.54) is 10.8 Å². The lowest BCUT2D eigenvalue weighted by Crippen LogP contribution is -2.16. The SMILES string of the molecule is Cc1nc2ncnn2c(NC(C)C)c1-c1c(F)cc(F)cc1F. The van der Waals surface area contributed by atoms with Crippen molar-refractivity contribution in [2.75, 3.05) is 5.32 Å². The van der Waals surface area contributed by atoms with Crippen molar-refractivity contribution in [1.82, 2.24) is 19.6 Å². The smallest absolute Gasteiger partial charge is 0.254 e. The Kier molecular flexibility index (Phi) is 3.67. The molecule has 0 bridgehead atoms. The molecule has 23 heavy (non-hydrogen) atoms. The Morgan fingerprint density at radius 3 is 2.35 bits per heavy atom. The summed E-state index contributed by atoms with van der Waals surface area (Å²) in [6.07, 6.45) is 1.30. The van der Waals surface area contributed by atoms with Gasteiger partial charge in [0.2, 0.25) is 0 Å². The van der Waals surface area contributed by atoms with Crippen LogP contribution in [0, 0.1) is 24.4 Å². The van der Waals surface area contributed by atoms with Crippen LogP contribution in [0.15, 0.2) is 18.5 Å². The third-order valence-electron chi connectivity index (χ3n) is 3.29. The van der Waals surface area contributed by atoms with Gasteiger partial charge in [0.15, 0.2) is 0 Å². The van der Waals surface area contributed by atoms with Crippen molar-refractivity contribution in [3.05, 3.63) is 41.6 Å². The predicted molar refractivity (Wildman–Crippen MR) is 79.6 cm³/mol. The highest BCUT2D eigenvalue weighted by atomic mass is 19.1. The van der Waals surface area contributed by atoms with E-state index in [0.717, 1.165) is 0 Å². The number of benzene rings is 1. The van der Waals surface area contributed by atoms with E-state index in [-0.39, 0.29) is 17.2 Å². The van der Waals surface area contributed by atoms with Crippen molar-refractivity contribution in [3.8, 4) is 11.1 Å². The van der Waals surface area contributed by atoms with Crippen molar-refractivity contribution in [2.24, 2.45) is 0 Å². The van der Waals surface area contributed by atoms with Gasteiger partial charge in [0.05, 0.1) is 16.8 Å². The van der Waals surface area contributed by atoms with Crippen LogP contribution in [0.5, 0.6) is 0 Å². The van der Waals surface area contributed by atoms with Crippen LogP contribution >= 0.6 is 0 Å². The minimum atomic E-state index is -1.00. The van der Waals surface area contributed by atoms with Crippen LogP contribution in [-0.4, -0.2) is 25.6 Å². The van der Waals surface area contributed by atoms with Crippen LogP contribution < -0.4 is 5.32 Å². The second kappa shape index (κ2) is 5.53. The first-order chi connectivity index (χ1) is 10.9. The molecule has 1 aromatic carbocycles. The summed E-state index contributed by atoms with van der Waals surface area (Å²) in [5.74, 6) is -2.33. The molecule has 5 nitrogen and oxygen atoms in total. The number of nitrogens with one attached hydrogen (secondary N) is 1. The fourth-order valence-electron chi connectivity index (χ4n) is 2.44. The molecular weight excluding hydrogens is 307 g/mol. The third-order valence-corrected chi connectivity index (χ3v) is 3.29. The van der Waals surface area contributed by atoms with Gasteiger partial charge in [-0.25, -0.2) is 18.2 Å². The molecule has 3 aromatic rings. The molecule has 0 amide bonds. The summed E-state index contributed by atoms with van der Waals surface area (Å²) in [5, 5.41) is 7.14. The van der Waals surface area contributed by atoms with Crippen molar-refractivity contribution in [1.29, 1.82) is 0 Å². The van der Waals surface area contributed by atoms with Gasteiger partial charge in [-0.05, 0) is 20.8 Å². The molecule has 0 unspecified atom stereocenters. The van der Waals surface area contributed by atoms with Crippen LogP contribution in [-0.2, 0) is 0 Å². The molecular formula is C15H14F3N5. The quantitative estimate of drug-likeness (QED) is 0.804. The second-order valence-electron chi connectivity index (χ2n) is 5.44. The minimum Gasteiger partial charge on any atom is -0.367 e. The maximum atomic E-state index is 14.2. The van der Waals surface area contributed by atoms with E-state index in [1.807, 2.05) is 13.8 Å². The fraction of sp³-hybridized carbons (Fsp3) is 0.267. The van der Waals surface area contributed by atoms with Crippen LogP contribution in [0.3, 0.4) is 0 Å². The Morgan fingerprint density at radius 1 is 1.09 bits per heavy atom. The molecule has 0 aliphatic carbocycles. The van der Waals surface area contributed by atoms with E-state index >= 15 is 0 Å². The lowest BCUT2D eigenvalue weighted by molar-refractivity contribution is 0.547. The molecule has 0 radical (unpaired) electrons. The summed E-state index contributed by atoms with van der Waals surface area (Å²) in [7, 11) is 0. The standard InChI is InChI=1S/C15H14F3N5/c1-7(2)21-14-12(8(3)22-15-19-6-20-23(14)15)13-10(17)4-9(16)5-11(13)18/h4-7,21H,1-3H3. The average Bonchev–Trinajstić information content (AvgIpc) is 2.88. The lowest BCUT2D eigenvalue weighted by atomic mass is 10.0. The second-order valence-corrected chi connectivity index (χ2v) is 5.44. The summed E-state index contributed by atoms with van der Waals surface area (Å²) in [4.78, 5) is 8.20. The Labute approximate surface area is 130 Å². The van der Waals surface area contributed by atoms with E-state index in [9.17, 15) is 13.2 Å². The van der Waals surface area contributed by atoms with Gasteiger partial charge in [0.1, 0.15) is 29.6 Å². The molecule has 120 valence electrons. The van der Waals surface area contributed by atoms with Gasteiger partial charge < -0.3 is 5.32 Å².